The molecular weight excluding hydrogens is 288 g/mol. The van der Waals surface area contributed by atoms with E-state index in [4.69, 9.17) is 8.92 Å². The van der Waals surface area contributed by atoms with Crippen molar-refractivity contribution in [1.82, 2.24) is 9.36 Å². The van der Waals surface area contributed by atoms with Gasteiger partial charge >= 0.3 is 10.1 Å². The lowest BCUT2D eigenvalue weighted by Gasteiger charge is -2.00. The first-order chi connectivity index (χ1) is 9.04. The van der Waals surface area contributed by atoms with Gasteiger partial charge < -0.3 is 8.92 Å². The second-order valence-corrected chi connectivity index (χ2v) is 6.17. The number of pyridine rings is 1. The first-order valence-corrected chi connectivity index (χ1v) is 7.78. The summed E-state index contributed by atoms with van der Waals surface area (Å²) in [6.45, 7) is 1.52. The Labute approximate surface area is 115 Å². The number of ether oxygens (including phenoxy) is 1. The summed E-state index contributed by atoms with van der Waals surface area (Å²) in [5, 5.41) is 0.243. The van der Waals surface area contributed by atoms with Crippen molar-refractivity contribution in [3.8, 4) is 22.2 Å². The predicted molar refractivity (Wildman–Crippen MR) is 72.0 cm³/mol. The summed E-state index contributed by atoms with van der Waals surface area (Å²) in [5.41, 5.74) is 1.40. The van der Waals surface area contributed by atoms with Gasteiger partial charge in [0.15, 0.2) is 0 Å². The maximum absolute atomic E-state index is 11.3. The van der Waals surface area contributed by atoms with Gasteiger partial charge in [-0.2, -0.15) is 12.8 Å². The Kier molecular flexibility index (Phi) is 4.01. The van der Waals surface area contributed by atoms with Gasteiger partial charge in [-0.3, -0.25) is 0 Å². The normalized spacial score (nSPS) is 11.3. The van der Waals surface area contributed by atoms with Crippen LogP contribution in [0.15, 0.2) is 24.4 Å². The Morgan fingerprint density at radius 3 is 2.84 bits per heavy atom. The van der Waals surface area contributed by atoms with Crippen LogP contribution >= 0.6 is 11.5 Å². The zero-order chi connectivity index (χ0) is 13.9. The lowest BCUT2D eigenvalue weighted by molar-refractivity contribution is 0.398. The van der Waals surface area contributed by atoms with Gasteiger partial charge in [-0.05, 0) is 13.0 Å². The van der Waals surface area contributed by atoms with E-state index >= 15 is 0 Å². The summed E-state index contributed by atoms with van der Waals surface area (Å²) in [6.07, 6.45) is 1.59. The summed E-state index contributed by atoms with van der Waals surface area (Å²) in [4.78, 5) is 3.99. The Morgan fingerprint density at radius 2 is 2.16 bits per heavy atom. The van der Waals surface area contributed by atoms with Gasteiger partial charge in [-0.1, -0.05) is 0 Å². The van der Waals surface area contributed by atoms with Crippen LogP contribution in [0.5, 0.6) is 10.9 Å². The van der Waals surface area contributed by atoms with Gasteiger partial charge in [-0.25, -0.2) is 4.98 Å². The first kappa shape index (κ1) is 13.8. The minimum atomic E-state index is -3.52. The molecule has 0 aromatic carbocycles. The van der Waals surface area contributed by atoms with Crippen molar-refractivity contribution in [2.75, 3.05) is 12.9 Å². The Morgan fingerprint density at radius 1 is 1.37 bits per heavy atom. The molecule has 2 aromatic rings. The monoisotopic (exact) mass is 300 g/mol. The molecule has 0 radical (unpaired) electrons. The average Bonchev–Trinajstić information content (AvgIpc) is 2.86. The van der Waals surface area contributed by atoms with Crippen molar-refractivity contribution in [1.29, 1.82) is 0 Å². The third kappa shape index (κ3) is 3.42. The van der Waals surface area contributed by atoms with E-state index in [0.29, 0.717) is 11.6 Å². The van der Waals surface area contributed by atoms with Gasteiger partial charge in [0, 0.05) is 35.4 Å². The van der Waals surface area contributed by atoms with Gasteiger partial charge in [0.25, 0.3) is 0 Å². The highest BCUT2D eigenvalue weighted by Crippen LogP contribution is 2.29. The predicted octanol–water partition coefficient (Wildman–Crippen LogP) is 1.94. The molecule has 0 unspecified atom stereocenters. The van der Waals surface area contributed by atoms with E-state index in [2.05, 4.69) is 9.36 Å². The summed E-state index contributed by atoms with van der Waals surface area (Å²) in [7, 11) is -2.00. The van der Waals surface area contributed by atoms with Crippen molar-refractivity contribution in [2.45, 2.75) is 6.92 Å². The molecule has 0 aliphatic carbocycles. The molecule has 0 aliphatic heterocycles. The van der Waals surface area contributed by atoms with E-state index in [9.17, 15) is 8.42 Å². The molecule has 2 heterocycles. The molecule has 0 saturated heterocycles. The zero-order valence-electron chi connectivity index (χ0n) is 10.4. The fourth-order valence-corrected chi connectivity index (χ4v) is 2.66. The number of nitrogens with zero attached hydrogens (tertiary/aromatic N) is 2. The lowest BCUT2D eigenvalue weighted by Crippen LogP contribution is -2.10. The van der Waals surface area contributed by atoms with Crippen LogP contribution in [0.1, 0.15) is 6.92 Å². The number of methoxy groups -OCH3 is 1. The Hall–Kier alpha value is -1.67. The fraction of sp³-hybridized carbons (Fsp3) is 0.273. The molecule has 2 rings (SSSR count). The van der Waals surface area contributed by atoms with Crippen LogP contribution in [0.2, 0.25) is 0 Å². The number of aromatic nitrogens is 2. The standard InChI is InChI=1S/C11H12N2O4S2/c1-3-19(14,15)17-11-7-9(13-18-11)8-4-5-12-10(6-8)16-2/h4-7H,3H2,1-2H3. The quantitative estimate of drug-likeness (QED) is 0.785. The van der Waals surface area contributed by atoms with E-state index in [-0.39, 0.29) is 10.8 Å². The minimum Gasteiger partial charge on any atom is -0.481 e. The molecule has 19 heavy (non-hydrogen) atoms. The van der Waals surface area contributed by atoms with Crippen LogP contribution in [-0.4, -0.2) is 30.6 Å². The van der Waals surface area contributed by atoms with Crippen LogP contribution in [0.4, 0.5) is 0 Å². The second kappa shape index (κ2) is 5.54. The molecule has 0 bridgehead atoms. The van der Waals surface area contributed by atoms with Gasteiger partial charge in [0.05, 0.1) is 18.6 Å². The highest BCUT2D eigenvalue weighted by molar-refractivity contribution is 7.87. The third-order valence-corrected chi connectivity index (χ3v) is 4.21. The molecule has 0 fully saturated rings. The summed E-state index contributed by atoms with van der Waals surface area (Å²) in [5.74, 6) is 0.387. The Balaban J connectivity index is 2.25. The molecule has 6 nitrogen and oxygen atoms in total. The largest absolute Gasteiger partial charge is 0.481 e. The SMILES string of the molecule is CCS(=O)(=O)Oc1cc(-c2ccnc(OC)c2)ns1. The molecule has 0 N–H and O–H groups in total. The molecule has 8 heteroatoms. The van der Waals surface area contributed by atoms with Crippen molar-refractivity contribution < 1.29 is 17.3 Å². The van der Waals surface area contributed by atoms with E-state index < -0.39 is 10.1 Å². The van der Waals surface area contributed by atoms with E-state index in [1.54, 1.807) is 24.4 Å². The second-order valence-electron chi connectivity index (χ2n) is 3.55. The van der Waals surface area contributed by atoms with Crippen LogP contribution in [-0.2, 0) is 10.1 Å². The smallest absolute Gasteiger partial charge is 0.309 e. The molecule has 102 valence electrons. The van der Waals surface area contributed by atoms with E-state index in [1.807, 2.05) is 0 Å². The summed E-state index contributed by atoms with van der Waals surface area (Å²) < 4.78 is 36.7. The molecule has 0 aliphatic rings. The van der Waals surface area contributed by atoms with Crippen molar-refractivity contribution >= 4 is 21.7 Å². The third-order valence-electron chi connectivity index (χ3n) is 2.29. The molecule has 0 saturated carbocycles. The van der Waals surface area contributed by atoms with Crippen LogP contribution in [0.3, 0.4) is 0 Å². The summed E-state index contributed by atoms with van der Waals surface area (Å²) >= 11 is 0.987. The minimum absolute atomic E-state index is 0.0800. The molecular formula is C11H12N2O4S2. The molecule has 0 spiro atoms. The number of hydrogen-bond donors (Lipinski definition) is 0. The maximum atomic E-state index is 11.3. The van der Waals surface area contributed by atoms with Crippen molar-refractivity contribution in [3.63, 3.8) is 0 Å². The molecule has 2 aromatic heterocycles. The van der Waals surface area contributed by atoms with E-state index in [1.165, 1.54) is 14.0 Å². The average molecular weight is 300 g/mol. The first-order valence-electron chi connectivity index (χ1n) is 5.43. The highest BCUT2D eigenvalue weighted by atomic mass is 32.2. The Bertz CT molecular complexity index is 667. The fourth-order valence-electron chi connectivity index (χ4n) is 1.30. The maximum Gasteiger partial charge on any atom is 0.309 e. The van der Waals surface area contributed by atoms with Gasteiger partial charge in [0.2, 0.25) is 10.9 Å². The zero-order valence-corrected chi connectivity index (χ0v) is 12.0. The van der Waals surface area contributed by atoms with Crippen LogP contribution in [0.25, 0.3) is 11.3 Å². The van der Waals surface area contributed by atoms with Crippen LogP contribution in [0, 0.1) is 0 Å². The highest BCUT2D eigenvalue weighted by Gasteiger charge is 2.13. The number of rotatable bonds is 5. The van der Waals surface area contributed by atoms with Gasteiger partial charge in [0.1, 0.15) is 0 Å². The molecule has 0 amide bonds. The summed E-state index contributed by atoms with van der Waals surface area (Å²) in [6, 6.07) is 5.05. The van der Waals surface area contributed by atoms with Crippen molar-refractivity contribution in [3.05, 3.63) is 24.4 Å². The lowest BCUT2D eigenvalue weighted by atomic mass is 10.2. The van der Waals surface area contributed by atoms with Crippen LogP contribution < -0.4 is 8.92 Å². The van der Waals surface area contributed by atoms with Gasteiger partial charge in [-0.15, -0.1) is 0 Å². The topological polar surface area (TPSA) is 78.4 Å². The van der Waals surface area contributed by atoms with Crippen molar-refractivity contribution in [2.24, 2.45) is 0 Å². The molecule has 0 atom stereocenters. The number of hydrogen-bond acceptors (Lipinski definition) is 7. The van der Waals surface area contributed by atoms with E-state index in [0.717, 1.165) is 17.1 Å².